The van der Waals surface area contributed by atoms with Crippen molar-refractivity contribution in [3.05, 3.63) is 170 Å². The van der Waals surface area contributed by atoms with Gasteiger partial charge >= 0.3 is 0 Å². The molecule has 2 aromatic heterocycles. The summed E-state index contributed by atoms with van der Waals surface area (Å²) in [6.07, 6.45) is 0. The van der Waals surface area contributed by atoms with Gasteiger partial charge in [0.1, 0.15) is 0 Å². The van der Waals surface area contributed by atoms with Gasteiger partial charge in [-0.25, -0.2) is 0 Å². The third kappa shape index (κ3) is 4.23. The Kier molecular flexibility index (Phi) is 6.10. The van der Waals surface area contributed by atoms with Crippen molar-refractivity contribution in [3.8, 4) is 11.4 Å². The molecule has 0 aliphatic heterocycles. The highest BCUT2D eigenvalue weighted by molar-refractivity contribution is 6.12. The van der Waals surface area contributed by atoms with Crippen molar-refractivity contribution >= 4 is 66.4 Å². The van der Waals surface area contributed by atoms with Gasteiger partial charge in [0.2, 0.25) is 0 Å². The van der Waals surface area contributed by atoms with Crippen molar-refractivity contribution in [2.24, 2.45) is 0 Å². The maximum atomic E-state index is 3.75. The Morgan fingerprint density at radius 2 is 0.587 bits per heavy atom. The molecule has 0 radical (unpaired) electrons. The average molecular weight is 591 g/mol. The summed E-state index contributed by atoms with van der Waals surface area (Å²) in [6, 6.07) is 60.2. The number of hydrogen-bond acceptors (Lipinski definition) is 2. The normalized spacial score (nSPS) is 11.5. The van der Waals surface area contributed by atoms with Gasteiger partial charge in [-0.2, -0.15) is 0 Å². The summed E-state index contributed by atoms with van der Waals surface area (Å²) in [7, 11) is 0. The van der Waals surface area contributed by atoms with E-state index in [1.165, 1.54) is 43.6 Å². The number of hydrogen-bond donors (Lipinski definition) is 2. The lowest BCUT2D eigenvalue weighted by molar-refractivity contribution is 1.10. The van der Waals surface area contributed by atoms with Crippen LogP contribution < -0.4 is 10.6 Å². The average Bonchev–Trinajstić information content (AvgIpc) is 3.63. The molecular weight excluding hydrogens is 560 g/mol. The number of nitrogens with one attached hydrogen (secondary N) is 2. The first kappa shape index (κ1) is 26.2. The van der Waals surface area contributed by atoms with Crippen LogP contribution in [0.3, 0.4) is 0 Å². The lowest BCUT2D eigenvalue weighted by Crippen LogP contribution is -2.07. The Balaban J connectivity index is 1.42. The van der Waals surface area contributed by atoms with Gasteiger partial charge in [0.25, 0.3) is 0 Å². The van der Waals surface area contributed by atoms with Gasteiger partial charge in [-0.3, -0.25) is 0 Å². The van der Waals surface area contributed by atoms with Crippen LogP contribution >= 0.6 is 0 Å². The number of fused-ring (bicyclic) bond motifs is 6. The van der Waals surface area contributed by atoms with Gasteiger partial charge in [0.05, 0.1) is 44.8 Å². The van der Waals surface area contributed by atoms with Crippen LogP contribution in [0.2, 0.25) is 0 Å². The molecule has 2 N–H and O–H groups in total. The molecule has 0 spiro atoms. The van der Waals surface area contributed by atoms with Crippen LogP contribution in [-0.4, -0.2) is 9.13 Å². The smallest absolute Gasteiger partial charge is 0.0725 e. The van der Waals surface area contributed by atoms with Crippen molar-refractivity contribution in [1.29, 1.82) is 0 Å². The molecule has 218 valence electrons. The van der Waals surface area contributed by atoms with E-state index in [4.69, 9.17) is 0 Å². The Labute approximate surface area is 266 Å². The second-order valence-electron chi connectivity index (χ2n) is 11.6. The fraction of sp³-hybridized carbons (Fsp3) is 0. The number of aromatic nitrogens is 2. The minimum Gasteiger partial charge on any atom is -0.354 e. The maximum Gasteiger partial charge on any atom is 0.0725 e. The minimum absolute atomic E-state index is 0.983. The van der Waals surface area contributed by atoms with Crippen LogP contribution in [0.25, 0.3) is 55.0 Å². The molecule has 7 aromatic carbocycles. The highest BCUT2D eigenvalue weighted by Crippen LogP contribution is 2.42. The zero-order valence-electron chi connectivity index (χ0n) is 25.1. The SMILES string of the molecule is c1ccc(Nc2cc(-n3c4ccccc4c4ccccc43)c(-n3c4ccccc4c4ccccc43)cc2Nc2ccccc2)cc1. The maximum absolute atomic E-state index is 3.75. The summed E-state index contributed by atoms with van der Waals surface area (Å²) < 4.78 is 4.85. The summed E-state index contributed by atoms with van der Waals surface area (Å²) in [4.78, 5) is 0. The number of nitrogens with zero attached hydrogens (tertiary/aromatic N) is 2. The quantitative estimate of drug-likeness (QED) is 0.202. The van der Waals surface area contributed by atoms with Gasteiger partial charge in [-0.05, 0) is 60.7 Å². The van der Waals surface area contributed by atoms with Crippen LogP contribution in [0.15, 0.2) is 170 Å². The van der Waals surface area contributed by atoms with Gasteiger partial charge in [0.15, 0.2) is 0 Å². The van der Waals surface area contributed by atoms with E-state index in [1.54, 1.807) is 0 Å². The highest BCUT2D eigenvalue weighted by Gasteiger charge is 2.21. The van der Waals surface area contributed by atoms with Gasteiger partial charge < -0.3 is 19.8 Å². The van der Waals surface area contributed by atoms with E-state index in [2.05, 4.69) is 177 Å². The van der Waals surface area contributed by atoms with Crippen molar-refractivity contribution in [1.82, 2.24) is 9.13 Å². The molecule has 2 heterocycles. The second kappa shape index (κ2) is 10.7. The molecule has 0 aliphatic carbocycles. The van der Waals surface area contributed by atoms with E-state index in [0.29, 0.717) is 0 Å². The second-order valence-corrected chi connectivity index (χ2v) is 11.6. The Morgan fingerprint density at radius 3 is 0.913 bits per heavy atom. The summed E-state index contributed by atoms with van der Waals surface area (Å²) in [5.41, 5.74) is 10.9. The number of benzene rings is 7. The molecule has 4 heteroatoms. The first-order valence-electron chi connectivity index (χ1n) is 15.6. The topological polar surface area (TPSA) is 33.9 Å². The standard InChI is InChI=1S/C42H30N4/c1-3-15-29(16-4-1)43-35-27-41(45-37-23-11-7-19-31(37)32-20-8-12-24-38(32)45)42(28-36(35)44-30-17-5-2-6-18-30)46-39-25-13-9-21-33(39)34-22-10-14-26-40(34)46/h1-28,43-44H. The largest absolute Gasteiger partial charge is 0.354 e. The van der Waals surface area contributed by atoms with Crippen LogP contribution in [-0.2, 0) is 0 Å². The van der Waals surface area contributed by atoms with E-state index >= 15 is 0 Å². The molecule has 0 aliphatic rings. The number of rotatable bonds is 6. The minimum atomic E-state index is 0.983. The van der Waals surface area contributed by atoms with Crippen LogP contribution in [0.4, 0.5) is 22.7 Å². The molecule has 0 saturated heterocycles. The summed E-state index contributed by atoms with van der Waals surface area (Å²) in [6.45, 7) is 0. The summed E-state index contributed by atoms with van der Waals surface area (Å²) >= 11 is 0. The van der Waals surface area contributed by atoms with Crippen LogP contribution in [0.5, 0.6) is 0 Å². The monoisotopic (exact) mass is 590 g/mol. The first-order valence-corrected chi connectivity index (χ1v) is 15.6. The molecule has 0 saturated carbocycles. The van der Waals surface area contributed by atoms with E-state index < -0.39 is 0 Å². The fourth-order valence-corrected chi connectivity index (χ4v) is 6.86. The molecule has 0 bridgehead atoms. The predicted octanol–water partition coefficient (Wildman–Crippen LogP) is 11.4. The van der Waals surface area contributed by atoms with Crippen molar-refractivity contribution in [2.75, 3.05) is 10.6 Å². The molecule has 0 unspecified atom stereocenters. The van der Waals surface area contributed by atoms with Crippen molar-refractivity contribution in [2.45, 2.75) is 0 Å². The Hall–Kier alpha value is -6.26. The van der Waals surface area contributed by atoms with Gasteiger partial charge in [-0.15, -0.1) is 0 Å². The molecule has 0 amide bonds. The molecule has 4 nitrogen and oxygen atoms in total. The Morgan fingerprint density at radius 1 is 0.304 bits per heavy atom. The first-order chi connectivity index (χ1) is 22.8. The van der Waals surface area contributed by atoms with E-state index in [0.717, 1.165) is 34.1 Å². The summed E-state index contributed by atoms with van der Waals surface area (Å²) in [5, 5.41) is 12.4. The van der Waals surface area contributed by atoms with Crippen molar-refractivity contribution in [3.63, 3.8) is 0 Å². The number of anilines is 4. The third-order valence-corrected chi connectivity index (χ3v) is 8.86. The lowest BCUT2D eigenvalue weighted by Gasteiger charge is -2.22. The van der Waals surface area contributed by atoms with E-state index in [9.17, 15) is 0 Å². The van der Waals surface area contributed by atoms with E-state index in [-0.39, 0.29) is 0 Å². The molecule has 0 atom stereocenters. The number of para-hydroxylation sites is 6. The lowest BCUT2D eigenvalue weighted by atomic mass is 10.1. The molecule has 0 fully saturated rings. The summed E-state index contributed by atoms with van der Waals surface area (Å²) in [5.74, 6) is 0. The van der Waals surface area contributed by atoms with E-state index in [1.807, 2.05) is 12.1 Å². The molecule has 46 heavy (non-hydrogen) atoms. The Bertz CT molecular complexity index is 2240. The molecule has 9 aromatic rings. The van der Waals surface area contributed by atoms with Crippen LogP contribution in [0, 0.1) is 0 Å². The van der Waals surface area contributed by atoms with Crippen molar-refractivity contribution < 1.29 is 0 Å². The zero-order chi connectivity index (χ0) is 30.5. The third-order valence-electron chi connectivity index (χ3n) is 8.86. The predicted molar refractivity (Wildman–Crippen MR) is 195 cm³/mol. The van der Waals surface area contributed by atoms with Gasteiger partial charge in [-0.1, -0.05) is 109 Å². The molecule has 9 rings (SSSR count). The highest BCUT2D eigenvalue weighted by atomic mass is 15.1. The fourth-order valence-electron chi connectivity index (χ4n) is 6.86. The van der Waals surface area contributed by atoms with Gasteiger partial charge in [0, 0.05) is 32.9 Å². The molecular formula is C42H30N4. The van der Waals surface area contributed by atoms with Crippen LogP contribution in [0.1, 0.15) is 0 Å². The zero-order valence-corrected chi connectivity index (χ0v) is 25.1.